The first-order valence-electron chi connectivity index (χ1n) is 6.75. The number of hydrogen-bond donors (Lipinski definition) is 1. The summed E-state index contributed by atoms with van der Waals surface area (Å²) in [6.45, 7) is 8.19. The Morgan fingerprint density at radius 2 is 1.45 bits per heavy atom. The molecule has 2 aromatic rings. The van der Waals surface area contributed by atoms with E-state index in [0.29, 0.717) is 11.3 Å². The van der Waals surface area contributed by atoms with Gasteiger partial charge < -0.3 is 0 Å². The molecule has 0 amide bonds. The molecule has 0 radical (unpaired) electrons. The maximum atomic E-state index is 11.6. The van der Waals surface area contributed by atoms with Crippen LogP contribution in [0.5, 0.6) is 0 Å². The van der Waals surface area contributed by atoms with Crippen molar-refractivity contribution in [3.8, 4) is 0 Å². The van der Waals surface area contributed by atoms with Gasteiger partial charge in [0.2, 0.25) is 0 Å². The number of fused-ring (bicyclic) bond motifs is 1. The summed E-state index contributed by atoms with van der Waals surface area (Å²) >= 11 is 0. The summed E-state index contributed by atoms with van der Waals surface area (Å²) in [5.41, 5.74) is 2.06. The Morgan fingerprint density at radius 3 is 1.95 bits per heavy atom. The number of rotatable bonds is 3. The minimum Gasteiger partial charge on any atom is -0.282 e. The SMILES string of the molecule is CC(C)c1ccc2c(S(=O)(=O)O)cc(C(C)C)cc2c1. The van der Waals surface area contributed by atoms with Gasteiger partial charge in [-0.15, -0.1) is 0 Å². The molecule has 0 unspecified atom stereocenters. The lowest BCUT2D eigenvalue weighted by atomic mass is 9.95. The average molecular weight is 292 g/mol. The van der Waals surface area contributed by atoms with Crippen LogP contribution in [0, 0.1) is 0 Å². The van der Waals surface area contributed by atoms with E-state index in [4.69, 9.17) is 0 Å². The quantitative estimate of drug-likeness (QED) is 0.856. The van der Waals surface area contributed by atoms with Gasteiger partial charge in [0.15, 0.2) is 0 Å². The fraction of sp³-hybridized carbons (Fsp3) is 0.375. The highest BCUT2D eigenvalue weighted by molar-refractivity contribution is 7.86. The molecule has 0 saturated heterocycles. The van der Waals surface area contributed by atoms with Gasteiger partial charge in [0.1, 0.15) is 4.90 Å². The Hall–Kier alpha value is -1.39. The van der Waals surface area contributed by atoms with Crippen molar-refractivity contribution in [2.75, 3.05) is 0 Å². The molecule has 1 N–H and O–H groups in total. The molecular formula is C16H20O3S. The van der Waals surface area contributed by atoms with Gasteiger partial charge >= 0.3 is 0 Å². The second-order valence-corrected chi connectivity index (χ2v) is 7.17. The predicted octanol–water partition coefficient (Wildman–Crippen LogP) is 4.33. The highest BCUT2D eigenvalue weighted by Gasteiger charge is 2.17. The zero-order chi connectivity index (χ0) is 15.1. The van der Waals surface area contributed by atoms with E-state index in [1.54, 1.807) is 12.1 Å². The molecule has 0 saturated carbocycles. The largest absolute Gasteiger partial charge is 0.295 e. The third kappa shape index (κ3) is 2.86. The third-order valence-corrected chi connectivity index (χ3v) is 4.47. The zero-order valence-electron chi connectivity index (χ0n) is 12.2. The van der Waals surface area contributed by atoms with E-state index >= 15 is 0 Å². The van der Waals surface area contributed by atoms with Gasteiger partial charge in [-0.2, -0.15) is 8.42 Å². The molecule has 2 aromatic carbocycles. The summed E-state index contributed by atoms with van der Waals surface area (Å²) in [5.74, 6) is 0.568. The van der Waals surface area contributed by atoms with Crippen molar-refractivity contribution in [1.82, 2.24) is 0 Å². The van der Waals surface area contributed by atoms with Crippen molar-refractivity contribution in [2.24, 2.45) is 0 Å². The van der Waals surface area contributed by atoms with E-state index in [1.807, 2.05) is 32.0 Å². The van der Waals surface area contributed by atoms with Crippen molar-refractivity contribution in [3.05, 3.63) is 41.5 Å². The Balaban J connectivity index is 2.84. The lowest BCUT2D eigenvalue weighted by Crippen LogP contribution is -2.02. The van der Waals surface area contributed by atoms with Crippen molar-refractivity contribution < 1.29 is 13.0 Å². The molecule has 0 heterocycles. The molecular weight excluding hydrogens is 272 g/mol. The minimum atomic E-state index is -4.22. The Bertz CT molecular complexity index is 738. The van der Waals surface area contributed by atoms with E-state index in [2.05, 4.69) is 13.8 Å². The molecule has 4 heteroatoms. The molecule has 0 atom stereocenters. The average Bonchev–Trinajstić information content (AvgIpc) is 2.35. The maximum Gasteiger partial charge on any atom is 0.295 e. The summed E-state index contributed by atoms with van der Waals surface area (Å²) in [6.07, 6.45) is 0. The minimum absolute atomic E-state index is 0.00555. The maximum absolute atomic E-state index is 11.6. The van der Waals surface area contributed by atoms with Crippen LogP contribution in [0.15, 0.2) is 35.2 Å². The van der Waals surface area contributed by atoms with Crippen molar-refractivity contribution in [3.63, 3.8) is 0 Å². The Labute approximate surface area is 120 Å². The first kappa shape index (κ1) is 15.0. The predicted molar refractivity (Wildman–Crippen MR) is 81.9 cm³/mol. The van der Waals surface area contributed by atoms with E-state index in [-0.39, 0.29) is 10.8 Å². The standard InChI is InChI=1S/C16H20O3S/c1-10(2)12-5-6-15-14(7-12)8-13(11(3)4)9-16(15)20(17,18)19/h5-11H,1-4H3,(H,17,18,19). The molecule has 0 aromatic heterocycles. The van der Waals surface area contributed by atoms with Crippen molar-refractivity contribution in [2.45, 2.75) is 44.4 Å². The van der Waals surface area contributed by atoms with Crippen LogP contribution in [-0.4, -0.2) is 13.0 Å². The molecule has 0 bridgehead atoms. The molecule has 20 heavy (non-hydrogen) atoms. The molecule has 0 aliphatic rings. The summed E-state index contributed by atoms with van der Waals surface area (Å²) in [6, 6.07) is 9.26. The van der Waals surface area contributed by atoms with Crippen molar-refractivity contribution in [1.29, 1.82) is 0 Å². The fourth-order valence-corrected chi connectivity index (χ4v) is 3.03. The normalized spacial score (nSPS) is 12.6. The van der Waals surface area contributed by atoms with E-state index < -0.39 is 10.1 Å². The summed E-state index contributed by atoms with van der Waals surface area (Å²) in [4.78, 5) is -0.00555. The van der Waals surface area contributed by atoms with Gasteiger partial charge in [-0.3, -0.25) is 4.55 Å². The van der Waals surface area contributed by atoms with Crippen LogP contribution < -0.4 is 0 Å². The van der Waals surface area contributed by atoms with Gasteiger partial charge in [-0.25, -0.2) is 0 Å². The van der Waals surface area contributed by atoms with Gasteiger partial charge in [0.05, 0.1) is 0 Å². The lowest BCUT2D eigenvalue weighted by molar-refractivity contribution is 0.484. The molecule has 0 fully saturated rings. The van der Waals surface area contributed by atoms with Gasteiger partial charge in [-0.05, 0) is 34.4 Å². The third-order valence-electron chi connectivity index (χ3n) is 3.57. The Morgan fingerprint density at radius 1 is 0.900 bits per heavy atom. The second kappa shape index (κ2) is 5.19. The van der Waals surface area contributed by atoms with Gasteiger partial charge in [0, 0.05) is 5.39 Å². The topological polar surface area (TPSA) is 54.4 Å². The molecule has 2 rings (SSSR count). The van der Waals surface area contributed by atoms with Crippen LogP contribution in [0.2, 0.25) is 0 Å². The summed E-state index contributed by atoms with van der Waals surface area (Å²) < 4.78 is 32.6. The first-order chi connectivity index (χ1) is 9.20. The molecule has 108 valence electrons. The van der Waals surface area contributed by atoms with Crippen LogP contribution in [0.4, 0.5) is 0 Å². The van der Waals surface area contributed by atoms with E-state index in [0.717, 1.165) is 16.5 Å². The van der Waals surface area contributed by atoms with E-state index in [9.17, 15) is 13.0 Å². The smallest absolute Gasteiger partial charge is 0.282 e. The van der Waals surface area contributed by atoms with Gasteiger partial charge in [-0.1, -0.05) is 52.0 Å². The zero-order valence-corrected chi connectivity index (χ0v) is 13.0. The van der Waals surface area contributed by atoms with Gasteiger partial charge in [0.25, 0.3) is 10.1 Å². The highest BCUT2D eigenvalue weighted by Crippen LogP contribution is 2.30. The molecule has 0 aliphatic carbocycles. The van der Waals surface area contributed by atoms with E-state index in [1.165, 1.54) is 0 Å². The molecule has 0 spiro atoms. The van der Waals surface area contributed by atoms with Crippen LogP contribution in [0.25, 0.3) is 10.8 Å². The number of hydrogen-bond acceptors (Lipinski definition) is 2. The fourth-order valence-electron chi connectivity index (χ4n) is 2.28. The lowest BCUT2D eigenvalue weighted by Gasteiger charge is -2.13. The van der Waals surface area contributed by atoms with Crippen LogP contribution in [0.3, 0.4) is 0 Å². The molecule has 3 nitrogen and oxygen atoms in total. The second-order valence-electron chi connectivity index (χ2n) is 5.78. The highest BCUT2D eigenvalue weighted by atomic mass is 32.2. The summed E-state index contributed by atoms with van der Waals surface area (Å²) in [7, 11) is -4.22. The number of benzene rings is 2. The van der Waals surface area contributed by atoms with Crippen LogP contribution in [-0.2, 0) is 10.1 Å². The van der Waals surface area contributed by atoms with Crippen LogP contribution >= 0.6 is 0 Å². The van der Waals surface area contributed by atoms with Crippen LogP contribution in [0.1, 0.15) is 50.7 Å². The first-order valence-corrected chi connectivity index (χ1v) is 8.19. The summed E-state index contributed by atoms with van der Waals surface area (Å²) in [5, 5.41) is 1.43. The van der Waals surface area contributed by atoms with Crippen molar-refractivity contribution >= 4 is 20.9 Å². The Kier molecular flexibility index (Phi) is 3.89. The monoisotopic (exact) mass is 292 g/mol. The molecule has 0 aliphatic heterocycles.